The summed E-state index contributed by atoms with van der Waals surface area (Å²) in [5.41, 5.74) is 2.30. The summed E-state index contributed by atoms with van der Waals surface area (Å²) >= 11 is 0. The Morgan fingerprint density at radius 2 is 2.15 bits per heavy atom. The predicted octanol–water partition coefficient (Wildman–Crippen LogP) is 1.71. The molecule has 7 heteroatoms. The minimum atomic E-state index is -0.263. The zero-order chi connectivity index (χ0) is 18.6. The number of carbonyl (C=O) groups is 2. The Bertz CT molecular complexity index is 800. The molecule has 1 atom stereocenters. The molecule has 142 valence electrons. The van der Waals surface area contributed by atoms with Crippen molar-refractivity contribution in [2.45, 2.75) is 44.7 Å². The summed E-state index contributed by atoms with van der Waals surface area (Å²) < 4.78 is 2.05. The van der Waals surface area contributed by atoms with E-state index < -0.39 is 0 Å². The van der Waals surface area contributed by atoms with E-state index in [0.717, 1.165) is 18.5 Å². The molecule has 1 aliphatic heterocycles. The Labute approximate surface area is 158 Å². The Kier molecular flexibility index (Phi) is 5.18. The van der Waals surface area contributed by atoms with Crippen LogP contribution >= 0.6 is 0 Å². The number of amides is 2. The van der Waals surface area contributed by atoms with E-state index in [9.17, 15) is 9.59 Å². The predicted molar refractivity (Wildman–Crippen MR) is 99.6 cm³/mol. The van der Waals surface area contributed by atoms with Gasteiger partial charge in [-0.3, -0.25) is 19.3 Å². The Balaban J connectivity index is 1.20. The summed E-state index contributed by atoms with van der Waals surface area (Å²) in [5.74, 6) is 0.419. The number of aromatic nitrogens is 3. The molecule has 2 aromatic heterocycles. The first kappa shape index (κ1) is 17.7. The van der Waals surface area contributed by atoms with Crippen molar-refractivity contribution in [1.82, 2.24) is 25.0 Å². The first-order valence-corrected chi connectivity index (χ1v) is 9.67. The van der Waals surface area contributed by atoms with Crippen molar-refractivity contribution in [3.05, 3.63) is 48.0 Å². The number of hydrogen-bond donors (Lipinski definition) is 1. The van der Waals surface area contributed by atoms with E-state index in [1.165, 1.54) is 18.5 Å². The van der Waals surface area contributed by atoms with Crippen molar-refractivity contribution in [2.24, 2.45) is 5.92 Å². The number of rotatable bonds is 8. The summed E-state index contributed by atoms with van der Waals surface area (Å²) in [6, 6.07) is 5.89. The molecular weight excluding hydrogens is 342 g/mol. The first-order chi connectivity index (χ1) is 13.2. The summed E-state index contributed by atoms with van der Waals surface area (Å²) in [6.45, 7) is 2.41. The zero-order valence-electron chi connectivity index (χ0n) is 15.4. The van der Waals surface area contributed by atoms with Crippen LogP contribution in [0.3, 0.4) is 0 Å². The Morgan fingerprint density at radius 3 is 2.93 bits per heavy atom. The van der Waals surface area contributed by atoms with Crippen LogP contribution in [0.4, 0.5) is 0 Å². The molecule has 1 aliphatic carbocycles. The lowest BCUT2D eigenvalue weighted by Crippen LogP contribution is -2.33. The van der Waals surface area contributed by atoms with Crippen LogP contribution in [-0.2, 0) is 22.7 Å². The number of hydrogen-bond acceptors (Lipinski definition) is 4. The number of nitrogens with one attached hydrogen (secondary N) is 1. The van der Waals surface area contributed by atoms with Crippen LogP contribution in [0, 0.1) is 5.92 Å². The minimum Gasteiger partial charge on any atom is -0.356 e. The molecule has 2 amide bonds. The van der Waals surface area contributed by atoms with Gasteiger partial charge in [0, 0.05) is 62.8 Å². The van der Waals surface area contributed by atoms with Crippen molar-refractivity contribution in [3.8, 4) is 0 Å². The SMILES string of the molecule is O=C(NCCCn1nccc1C1CC1)C1CC(=O)N(Cc2cccnc2)C1. The van der Waals surface area contributed by atoms with E-state index >= 15 is 0 Å². The van der Waals surface area contributed by atoms with Crippen LogP contribution in [0.5, 0.6) is 0 Å². The van der Waals surface area contributed by atoms with Crippen LogP contribution in [0.25, 0.3) is 0 Å². The van der Waals surface area contributed by atoms with Crippen LogP contribution < -0.4 is 5.32 Å². The molecule has 27 heavy (non-hydrogen) atoms. The molecule has 0 spiro atoms. The highest BCUT2D eigenvalue weighted by Gasteiger charge is 2.34. The molecule has 1 N–H and O–H groups in total. The molecule has 0 bridgehead atoms. The minimum absolute atomic E-state index is 0.0279. The molecule has 2 aliphatic rings. The van der Waals surface area contributed by atoms with E-state index in [0.29, 0.717) is 25.6 Å². The van der Waals surface area contributed by atoms with Crippen LogP contribution in [0.2, 0.25) is 0 Å². The van der Waals surface area contributed by atoms with Crippen LogP contribution in [0.1, 0.15) is 42.9 Å². The van der Waals surface area contributed by atoms with Gasteiger partial charge in [0.1, 0.15) is 0 Å². The standard InChI is InChI=1S/C20H25N5O2/c26-19-11-17(14-24(19)13-15-3-1-7-21-12-15)20(27)22-8-2-10-25-18(6-9-23-25)16-4-5-16/h1,3,6-7,9,12,16-17H,2,4-5,8,10-11,13-14H2,(H,22,27). The van der Waals surface area contributed by atoms with E-state index in [2.05, 4.69) is 26.1 Å². The third-order valence-corrected chi connectivity index (χ3v) is 5.27. The second-order valence-corrected chi connectivity index (χ2v) is 7.43. The molecule has 1 unspecified atom stereocenters. The molecule has 3 heterocycles. The van der Waals surface area contributed by atoms with E-state index in [4.69, 9.17) is 0 Å². The van der Waals surface area contributed by atoms with E-state index in [1.54, 1.807) is 17.3 Å². The van der Waals surface area contributed by atoms with Crippen LogP contribution in [-0.4, -0.2) is 44.6 Å². The average molecular weight is 367 g/mol. The maximum atomic E-state index is 12.4. The number of likely N-dealkylation sites (tertiary alicyclic amines) is 1. The molecule has 0 radical (unpaired) electrons. The largest absolute Gasteiger partial charge is 0.356 e. The van der Waals surface area contributed by atoms with Gasteiger partial charge in [-0.1, -0.05) is 6.07 Å². The highest BCUT2D eigenvalue weighted by molar-refractivity contribution is 5.89. The van der Waals surface area contributed by atoms with Gasteiger partial charge >= 0.3 is 0 Å². The highest BCUT2D eigenvalue weighted by atomic mass is 16.2. The van der Waals surface area contributed by atoms with Gasteiger partial charge in [-0.05, 0) is 37.0 Å². The molecule has 1 saturated heterocycles. The fraction of sp³-hybridized carbons (Fsp3) is 0.500. The maximum absolute atomic E-state index is 12.4. The summed E-state index contributed by atoms with van der Waals surface area (Å²) in [6.07, 6.45) is 8.97. The maximum Gasteiger partial charge on any atom is 0.225 e. The van der Waals surface area contributed by atoms with Gasteiger partial charge in [0.05, 0.1) is 5.92 Å². The van der Waals surface area contributed by atoms with Crippen molar-refractivity contribution >= 4 is 11.8 Å². The molecular formula is C20H25N5O2. The van der Waals surface area contributed by atoms with Gasteiger partial charge in [-0.2, -0.15) is 5.10 Å². The van der Waals surface area contributed by atoms with Crippen LogP contribution in [0.15, 0.2) is 36.8 Å². The van der Waals surface area contributed by atoms with Gasteiger partial charge in [0.2, 0.25) is 11.8 Å². The summed E-state index contributed by atoms with van der Waals surface area (Å²) in [5, 5.41) is 7.36. The van der Waals surface area contributed by atoms with Gasteiger partial charge in [0.25, 0.3) is 0 Å². The molecule has 2 aromatic rings. The lowest BCUT2D eigenvalue weighted by molar-refractivity contribution is -0.129. The lowest BCUT2D eigenvalue weighted by Gasteiger charge is -2.16. The number of nitrogens with zero attached hydrogens (tertiary/aromatic N) is 4. The number of carbonyl (C=O) groups excluding carboxylic acids is 2. The third kappa shape index (κ3) is 4.35. The molecule has 4 rings (SSSR count). The summed E-state index contributed by atoms with van der Waals surface area (Å²) in [4.78, 5) is 30.4. The van der Waals surface area contributed by atoms with Gasteiger partial charge in [-0.25, -0.2) is 0 Å². The number of aryl methyl sites for hydroxylation is 1. The average Bonchev–Trinajstić information content (AvgIpc) is 3.31. The van der Waals surface area contributed by atoms with E-state index in [-0.39, 0.29) is 24.2 Å². The fourth-order valence-electron chi connectivity index (χ4n) is 3.65. The molecule has 0 aromatic carbocycles. The molecule has 7 nitrogen and oxygen atoms in total. The van der Waals surface area contributed by atoms with Crippen molar-refractivity contribution in [1.29, 1.82) is 0 Å². The first-order valence-electron chi connectivity index (χ1n) is 9.67. The number of pyridine rings is 1. The Hall–Kier alpha value is -2.70. The molecule has 1 saturated carbocycles. The zero-order valence-corrected chi connectivity index (χ0v) is 15.4. The highest BCUT2D eigenvalue weighted by Crippen LogP contribution is 2.39. The van der Waals surface area contributed by atoms with Gasteiger partial charge in [-0.15, -0.1) is 0 Å². The Morgan fingerprint density at radius 1 is 1.26 bits per heavy atom. The quantitative estimate of drug-likeness (QED) is 0.721. The second kappa shape index (κ2) is 7.90. The van der Waals surface area contributed by atoms with Crippen molar-refractivity contribution in [2.75, 3.05) is 13.1 Å². The normalized spacial score (nSPS) is 19.5. The van der Waals surface area contributed by atoms with Gasteiger partial charge < -0.3 is 10.2 Å². The van der Waals surface area contributed by atoms with E-state index in [1.807, 2.05) is 18.3 Å². The molecule has 2 fully saturated rings. The lowest BCUT2D eigenvalue weighted by atomic mass is 10.1. The fourth-order valence-corrected chi connectivity index (χ4v) is 3.65. The van der Waals surface area contributed by atoms with Gasteiger partial charge in [0.15, 0.2) is 0 Å². The third-order valence-electron chi connectivity index (χ3n) is 5.27. The summed E-state index contributed by atoms with van der Waals surface area (Å²) in [7, 11) is 0. The second-order valence-electron chi connectivity index (χ2n) is 7.43. The topological polar surface area (TPSA) is 80.1 Å². The van der Waals surface area contributed by atoms with Crippen molar-refractivity contribution < 1.29 is 9.59 Å². The smallest absolute Gasteiger partial charge is 0.225 e. The van der Waals surface area contributed by atoms with Crippen molar-refractivity contribution in [3.63, 3.8) is 0 Å². The monoisotopic (exact) mass is 367 g/mol.